The van der Waals surface area contributed by atoms with E-state index in [4.69, 9.17) is 10.6 Å². The van der Waals surface area contributed by atoms with Crippen LogP contribution in [0.4, 0.5) is 5.13 Å². The molecule has 2 aliphatic heterocycles. The summed E-state index contributed by atoms with van der Waals surface area (Å²) in [4.78, 5) is 74.0. The number of nitrogens with one attached hydrogen (secondary N) is 2. The molecular formula is C18H17N8O7S3-. The second kappa shape index (κ2) is 10.2. The lowest BCUT2D eigenvalue weighted by Gasteiger charge is -2.50. The van der Waals surface area contributed by atoms with Gasteiger partial charge in [-0.2, -0.15) is 4.98 Å². The number of rotatable bonds is 8. The number of fused-ring (bicyclic) bond motifs is 1. The SMILES string of the molecule is CON=C(C(=O)N[C@@H]1C(=O)N2C(C(=O)[O-])=C(CSc3nc(=O)c(=O)[nH]n3C)CS[C@H]12)c1csc(N)n1. The lowest BCUT2D eigenvalue weighted by Crippen LogP contribution is -2.71. The molecule has 1 fully saturated rings. The minimum absolute atomic E-state index is 0.0616. The van der Waals surface area contributed by atoms with Crippen molar-refractivity contribution >= 4 is 63.5 Å². The molecule has 190 valence electrons. The molecule has 0 unspecified atom stereocenters. The lowest BCUT2D eigenvalue weighted by molar-refractivity contribution is -0.301. The molecule has 4 heterocycles. The molecule has 18 heteroatoms. The number of amides is 2. The monoisotopic (exact) mass is 553 g/mol. The number of carbonyl (C=O) groups is 3. The molecule has 2 atom stereocenters. The lowest BCUT2D eigenvalue weighted by atomic mass is 10.0. The molecule has 0 aromatic carbocycles. The average molecular weight is 554 g/mol. The number of H-pyrrole nitrogens is 1. The number of β-lactam (4-membered cyclic amide) rings is 1. The van der Waals surface area contributed by atoms with Gasteiger partial charge in [-0.3, -0.25) is 33.9 Å². The molecule has 4 N–H and O–H groups in total. The number of anilines is 1. The number of carboxylic acids is 1. The van der Waals surface area contributed by atoms with E-state index in [1.54, 1.807) is 0 Å². The number of carbonyl (C=O) groups excluding carboxylic acids is 3. The van der Waals surface area contributed by atoms with Gasteiger partial charge in [0.2, 0.25) is 0 Å². The molecule has 2 aliphatic rings. The fourth-order valence-corrected chi connectivity index (χ4v) is 6.38. The van der Waals surface area contributed by atoms with Gasteiger partial charge in [-0.1, -0.05) is 16.9 Å². The number of carboxylic acid groups (broad SMARTS) is 1. The zero-order valence-electron chi connectivity index (χ0n) is 18.5. The van der Waals surface area contributed by atoms with Crippen LogP contribution in [0.25, 0.3) is 0 Å². The normalized spacial score (nSPS) is 19.6. The summed E-state index contributed by atoms with van der Waals surface area (Å²) in [5.41, 5.74) is 3.77. The molecular weight excluding hydrogens is 536 g/mol. The predicted octanol–water partition coefficient (Wildman–Crippen LogP) is -2.95. The maximum Gasteiger partial charge on any atom is 0.339 e. The van der Waals surface area contributed by atoms with E-state index >= 15 is 0 Å². The molecule has 2 aromatic rings. The summed E-state index contributed by atoms with van der Waals surface area (Å²) in [6.07, 6.45) is 0. The van der Waals surface area contributed by atoms with Crippen LogP contribution >= 0.6 is 34.9 Å². The third-order valence-electron chi connectivity index (χ3n) is 5.01. The first-order valence-electron chi connectivity index (χ1n) is 9.94. The van der Waals surface area contributed by atoms with Gasteiger partial charge in [0.15, 0.2) is 16.0 Å². The standard InChI is InChI=1S/C18H18N8O7S3/c1-25-18(22-12(28)13(29)23-25)36-4-6-3-34-15-9(14(30)26(15)10(6)16(31)32)21-11(27)8(24-33-2)7-5-35-17(19)20-7/h5,9,15H,3-4H2,1-2H3,(H2,19,20)(H,21,27)(H,23,29)(H,31,32)/p-1/t9-,15-/m1/s1. The number of thioether (sulfide) groups is 2. The van der Waals surface area contributed by atoms with Crippen LogP contribution in [0.2, 0.25) is 0 Å². The molecule has 1 saturated heterocycles. The second-order valence-corrected chi connectivity index (χ2v) is 10.2. The largest absolute Gasteiger partial charge is 0.543 e. The molecule has 0 radical (unpaired) electrons. The Morgan fingerprint density at radius 1 is 1.39 bits per heavy atom. The van der Waals surface area contributed by atoms with Crippen LogP contribution < -0.4 is 27.3 Å². The Balaban J connectivity index is 1.51. The van der Waals surface area contributed by atoms with Crippen LogP contribution in [0.1, 0.15) is 5.69 Å². The van der Waals surface area contributed by atoms with Crippen molar-refractivity contribution in [3.05, 3.63) is 43.1 Å². The number of aliphatic carboxylic acids is 1. The highest BCUT2D eigenvalue weighted by Crippen LogP contribution is 2.41. The van der Waals surface area contributed by atoms with Crippen molar-refractivity contribution < 1.29 is 24.3 Å². The molecule has 0 spiro atoms. The second-order valence-electron chi connectivity index (χ2n) is 7.28. The minimum atomic E-state index is -1.56. The fourth-order valence-electron chi connectivity index (χ4n) is 3.43. The first kappa shape index (κ1) is 25.5. The van der Waals surface area contributed by atoms with Crippen molar-refractivity contribution in [1.29, 1.82) is 0 Å². The number of aromatic amines is 1. The number of aryl methyl sites for hydroxylation is 1. The summed E-state index contributed by atoms with van der Waals surface area (Å²) in [6.45, 7) is 0. The smallest absolute Gasteiger partial charge is 0.339 e. The highest BCUT2D eigenvalue weighted by atomic mass is 32.2. The van der Waals surface area contributed by atoms with Crippen LogP contribution in [0.5, 0.6) is 0 Å². The number of thiazole rings is 1. The van der Waals surface area contributed by atoms with E-state index in [2.05, 4.69) is 25.5 Å². The van der Waals surface area contributed by atoms with E-state index in [-0.39, 0.29) is 38.9 Å². The Morgan fingerprint density at radius 2 is 2.14 bits per heavy atom. The van der Waals surface area contributed by atoms with Gasteiger partial charge in [0.05, 0.1) is 11.7 Å². The molecule has 0 bridgehead atoms. The molecule has 0 aliphatic carbocycles. The third-order valence-corrected chi connectivity index (χ3v) is 8.14. The maximum atomic E-state index is 12.9. The van der Waals surface area contributed by atoms with Crippen molar-refractivity contribution in [3.8, 4) is 0 Å². The van der Waals surface area contributed by atoms with E-state index in [0.29, 0.717) is 5.57 Å². The molecule has 15 nitrogen and oxygen atoms in total. The minimum Gasteiger partial charge on any atom is -0.543 e. The third kappa shape index (κ3) is 4.73. The Morgan fingerprint density at radius 3 is 2.78 bits per heavy atom. The molecule has 2 aromatic heterocycles. The topological polar surface area (TPSA) is 218 Å². The van der Waals surface area contributed by atoms with Gasteiger partial charge in [-0.25, -0.2) is 4.98 Å². The Hall–Kier alpha value is -3.64. The summed E-state index contributed by atoms with van der Waals surface area (Å²) in [5, 5.41) is 21.6. The summed E-state index contributed by atoms with van der Waals surface area (Å²) in [7, 11) is 2.72. The Kier molecular flexibility index (Phi) is 7.18. The zero-order chi connectivity index (χ0) is 26.1. The van der Waals surface area contributed by atoms with Crippen LogP contribution in [0, 0.1) is 0 Å². The zero-order valence-corrected chi connectivity index (χ0v) is 21.0. The highest BCUT2D eigenvalue weighted by molar-refractivity contribution is 8.01. The number of oxime groups is 1. The van der Waals surface area contributed by atoms with E-state index in [1.807, 2.05) is 0 Å². The maximum absolute atomic E-state index is 12.9. The summed E-state index contributed by atoms with van der Waals surface area (Å²) in [5.74, 6) is -2.68. The van der Waals surface area contributed by atoms with E-state index < -0.39 is 40.3 Å². The van der Waals surface area contributed by atoms with Gasteiger partial charge in [0, 0.05) is 23.9 Å². The first-order chi connectivity index (χ1) is 17.1. The van der Waals surface area contributed by atoms with Crippen molar-refractivity contribution in [2.45, 2.75) is 16.6 Å². The van der Waals surface area contributed by atoms with Gasteiger partial charge in [0.25, 0.3) is 11.8 Å². The van der Waals surface area contributed by atoms with Crippen molar-refractivity contribution in [3.63, 3.8) is 0 Å². The quantitative estimate of drug-likeness (QED) is 0.0983. The number of hydrogen-bond acceptors (Lipinski definition) is 14. The van der Waals surface area contributed by atoms with Gasteiger partial charge >= 0.3 is 11.1 Å². The summed E-state index contributed by atoms with van der Waals surface area (Å²) >= 11 is 3.35. The van der Waals surface area contributed by atoms with Gasteiger partial charge in [-0.05, 0) is 5.57 Å². The van der Waals surface area contributed by atoms with Gasteiger partial charge in [0.1, 0.15) is 24.2 Å². The van der Waals surface area contributed by atoms with Crippen molar-refractivity contribution in [2.24, 2.45) is 12.2 Å². The molecule has 2 amide bonds. The molecule has 4 rings (SSSR count). The number of aromatic nitrogens is 4. The van der Waals surface area contributed by atoms with E-state index in [9.17, 15) is 29.1 Å². The summed E-state index contributed by atoms with van der Waals surface area (Å²) in [6, 6.07) is -1.02. The van der Waals surface area contributed by atoms with Crippen LogP contribution in [-0.2, 0) is 26.3 Å². The number of nitrogens with zero attached hydrogens (tertiary/aromatic N) is 5. The number of hydrogen-bond donors (Lipinski definition) is 3. The van der Waals surface area contributed by atoms with Crippen molar-refractivity contribution in [2.75, 3.05) is 24.3 Å². The fraction of sp³-hybridized carbons (Fsp3) is 0.333. The van der Waals surface area contributed by atoms with Crippen LogP contribution in [0.3, 0.4) is 0 Å². The number of nitrogens with two attached hydrogens (primary N) is 1. The number of nitrogen functional groups attached to an aromatic ring is 1. The molecule has 36 heavy (non-hydrogen) atoms. The van der Waals surface area contributed by atoms with Crippen molar-refractivity contribution in [1.82, 2.24) is 30.0 Å². The first-order valence-corrected chi connectivity index (χ1v) is 12.8. The summed E-state index contributed by atoms with van der Waals surface area (Å²) < 4.78 is 1.24. The van der Waals surface area contributed by atoms with E-state index in [1.165, 1.54) is 36.0 Å². The van der Waals surface area contributed by atoms with Gasteiger partial charge in [-0.15, -0.1) is 23.1 Å². The van der Waals surface area contributed by atoms with Crippen LogP contribution in [-0.4, -0.2) is 78.2 Å². The molecule has 0 saturated carbocycles. The van der Waals surface area contributed by atoms with Crippen LogP contribution in [0.15, 0.2) is 36.6 Å². The Bertz CT molecular complexity index is 1430. The van der Waals surface area contributed by atoms with Gasteiger partial charge < -0.3 is 25.8 Å². The average Bonchev–Trinajstić information content (AvgIpc) is 3.27. The predicted molar refractivity (Wildman–Crippen MR) is 128 cm³/mol. The highest BCUT2D eigenvalue weighted by Gasteiger charge is 2.53. The Labute approximate surface area is 213 Å². The van der Waals surface area contributed by atoms with E-state index in [0.717, 1.165) is 28.0 Å².